The highest BCUT2D eigenvalue weighted by molar-refractivity contribution is 6.00. The topological polar surface area (TPSA) is 130 Å². The van der Waals surface area contributed by atoms with Gasteiger partial charge in [0.1, 0.15) is 0 Å². The highest BCUT2D eigenvalue weighted by atomic mass is 16.2. The van der Waals surface area contributed by atoms with Crippen molar-refractivity contribution in [3.8, 4) is 11.3 Å². The first-order valence-electron chi connectivity index (χ1n) is 12.1. The fraction of sp³-hybridized carbons (Fsp3) is 0.364. The standard InChI is InChI=1S/C22H25N9O2/c1-11-14-10-30(3)29-17(14)13-7-8-24-20(19(13)31(11)4)25-15-9-16(26-21(32)12-5-6-12)27-28-18(15)22(33)23-2/h7-12H,5-6H2,1-4H3,(H,23,33)(H2,24,25,26,27,32)/t11-/m0/s1/i2D3. The first-order valence-corrected chi connectivity index (χ1v) is 10.6. The Hall–Kier alpha value is -4.02. The number of fused-ring (bicyclic) bond motifs is 3. The summed E-state index contributed by atoms with van der Waals surface area (Å²) in [6, 6.07) is 3.30. The molecule has 1 aliphatic carbocycles. The van der Waals surface area contributed by atoms with Crippen LogP contribution in [0.2, 0.25) is 0 Å². The maximum atomic E-state index is 12.8. The summed E-state index contributed by atoms with van der Waals surface area (Å²) in [5.74, 6) is -0.635. The minimum Gasteiger partial charge on any atom is -0.364 e. The molecule has 11 nitrogen and oxygen atoms in total. The van der Waals surface area contributed by atoms with Crippen LogP contribution >= 0.6 is 0 Å². The second-order valence-electron chi connectivity index (χ2n) is 8.28. The molecule has 0 unspecified atom stereocenters. The van der Waals surface area contributed by atoms with E-state index < -0.39 is 12.9 Å². The molecule has 2 amide bonds. The zero-order valence-corrected chi connectivity index (χ0v) is 18.4. The van der Waals surface area contributed by atoms with Gasteiger partial charge in [-0.1, -0.05) is 0 Å². The summed E-state index contributed by atoms with van der Waals surface area (Å²) in [5, 5.41) is 20.2. The van der Waals surface area contributed by atoms with Crippen LogP contribution in [-0.2, 0) is 11.8 Å². The van der Waals surface area contributed by atoms with Crippen LogP contribution in [0.4, 0.5) is 23.0 Å². The number of amides is 2. The minimum atomic E-state index is -2.72. The summed E-state index contributed by atoms with van der Waals surface area (Å²) in [6.07, 6.45) is 5.22. The number of anilines is 4. The van der Waals surface area contributed by atoms with Crippen LogP contribution in [0.1, 0.15) is 46.0 Å². The van der Waals surface area contributed by atoms with Crippen LogP contribution in [-0.4, -0.2) is 50.8 Å². The number of nitrogens with zero attached hydrogens (tertiary/aromatic N) is 6. The molecular weight excluding hydrogens is 422 g/mol. The average Bonchev–Trinajstić information content (AvgIpc) is 3.58. The molecular formula is C22H25N9O2. The van der Waals surface area contributed by atoms with Crippen molar-refractivity contribution in [1.82, 2.24) is 30.3 Å². The number of aromatic nitrogens is 5. The summed E-state index contributed by atoms with van der Waals surface area (Å²) < 4.78 is 23.9. The Morgan fingerprint density at radius 2 is 2.06 bits per heavy atom. The Labute approximate surface area is 194 Å². The van der Waals surface area contributed by atoms with Crippen LogP contribution in [0.5, 0.6) is 0 Å². The molecule has 0 bridgehead atoms. The van der Waals surface area contributed by atoms with E-state index in [-0.39, 0.29) is 35.1 Å². The quantitative estimate of drug-likeness (QED) is 0.540. The number of aryl methyl sites for hydroxylation is 1. The SMILES string of the molecule is [2H]C([2H])([2H])NC(=O)c1nnc(NC(=O)C2CC2)cc1Nc1nccc2c1N(C)[C@@H](C)c1cn(C)nc1-2. The van der Waals surface area contributed by atoms with Crippen molar-refractivity contribution in [1.29, 1.82) is 0 Å². The lowest BCUT2D eigenvalue weighted by Gasteiger charge is -2.34. The number of nitrogens with one attached hydrogen (secondary N) is 3. The predicted octanol–water partition coefficient (Wildman–Crippen LogP) is 2.23. The summed E-state index contributed by atoms with van der Waals surface area (Å²) in [7, 11) is 3.79. The van der Waals surface area contributed by atoms with Crippen LogP contribution in [0.25, 0.3) is 11.3 Å². The van der Waals surface area contributed by atoms with Crippen molar-refractivity contribution in [2.24, 2.45) is 13.0 Å². The highest BCUT2D eigenvalue weighted by Crippen LogP contribution is 2.46. The molecule has 170 valence electrons. The molecule has 5 rings (SSSR count). The van der Waals surface area contributed by atoms with Gasteiger partial charge < -0.3 is 20.9 Å². The van der Waals surface area contributed by atoms with Crippen molar-refractivity contribution in [3.63, 3.8) is 0 Å². The second-order valence-corrected chi connectivity index (χ2v) is 8.28. The first-order chi connectivity index (χ1) is 17.0. The average molecular weight is 451 g/mol. The van der Waals surface area contributed by atoms with Crippen molar-refractivity contribution < 1.29 is 13.7 Å². The summed E-state index contributed by atoms with van der Waals surface area (Å²) >= 11 is 0. The van der Waals surface area contributed by atoms with Crippen LogP contribution in [0.15, 0.2) is 24.5 Å². The van der Waals surface area contributed by atoms with Gasteiger partial charge in [-0.3, -0.25) is 14.3 Å². The molecule has 3 N–H and O–H groups in total. The third-order valence-corrected chi connectivity index (χ3v) is 6.00. The van der Waals surface area contributed by atoms with E-state index in [0.717, 1.165) is 35.3 Å². The second kappa shape index (κ2) is 7.84. The number of carbonyl (C=O) groups excluding carboxylic acids is 2. The predicted molar refractivity (Wildman–Crippen MR) is 123 cm³/mol. The lowest BCUT2D eigenvalue weighted by Crippen LogP contribution is -2.27. The van der Waals surface area contributed by atoms with Gasteiger partial charge in [0.05, 0.1) is 23.1 Å². The third-order valence-electron chi connectivity index (χ3n) is 6.00. The molecule has 2 aliphatic rings. The normalized spacial score (nSPS) is 18.3. The van der Waals surface area contributed by atoms with E-state index in [1.165, 1.54) is 6.07 Å². The molecule has 0 radical (unpaired) electrons. The Morgan fingerprint density at radius 3 is 2.82 bits per heavy atom. The van der Waals surface area contributed by atoms with Crippen molar-refractivity contribution in [2.75, 3.05) is 29.6 Å². The van der Waals surface area contributed by atoms with Crippen LogP contribution in [0.3, 0.4) is 0 Å². The summed E-state index contributed by atoms with van der Waals surface area (Å²) in [6.45, 7) is -0.668. The smallest absolute Gasteiger partial charge is 0.273 e. The summed E-state index contributed by atoms with van der Waals surface area (Å²) in [4.78, 5) is 31.5. The maximum Gasteiger partial charge on any atom is 0.273 e. The Balaban J connectivity index is 1.56. The molecule has 3 aromatic rings. The van der Waals surface area contributed by atoms with Crippen molar-refractivity contribution >= 4 is 34.8 Å². The Kier molecular flexibility index (Phi) is 4.16. The monoisotopic (exact) mass is 450 g/mol. The molecule has 0 spiro atoms. The van der Waals surface area contributed by atoms with Gasteiger partial charge in [0.15, 0.2) is 17.3 Å². The number of pyridine rings is 1. The molecule has 1 aliphatic heterocycles. The van der Waals surface area contributed by atoms with Gasteiger partial charge in [0, 0.05) is 60.7 Å². The fourth-order valence-corrected chi connectivity index (χ4v) is 3.99. The molecule has 4 heterocycles. The fourth-order valence-electron chi connectivity index (χ4n) is 3.99. The van der Waals surface area contributed by atoms with E-state index in [4.69, 9.17) is 4.11 Å². The van der Waals surface area contributed by atoms with Gasteiger partial charge in [-0.05, 0) is 25.8 Å². The maximum absolute atomic E-state index is 12.8. The molecule has 1 atom stereocenters. The van der Waals surface area contributed by atoms with E-state index in [0.29, 0.717) is 5.82 Å². The van der Waals surface area contributed by atoms with E-state index >= 15 is 0 Å². The molecule has 33 heavy (non-hydrogen) atoms. The number of carbonyl (C=O) groups is 2. The lowest BCUT2D eigenvalue weighted by atomic mass is 9.96. The van der Waals surface area contributed by atoms with Gasteiger partial charge in [-0.25, -0.2) is 4.98 Å². The zero-order chi connectivity index (χ0) is 25.8. The molecule has 3 aromatic heterocycles. The Bertz CT molecular complexity index is 1370. The van der Waals surface area contributed by atoms with Crippen LogP contribution < -0.4 is 20.9 Å². The van der Waals surface area contributed by atoms with E-state index in [1.807, 2.05) is 36.6 Å². The lowest BCUT2D eigenvalue weighted by molar-refractivity contribution is -0.117. The number of rotatable bonds is 5. The van der Waals surface area contributed by atoms with Crippen molar-refractivity contribution in [2.45, 2.75) is 25.8 Å². The van der Waals surface area contributed by atoms with Gasteiger partial charge in [-0.15, -0.1) is 10.2 Å². The van der Waals surface area contributed by atoms with Gasteiger partial charge in [-0.2, -0.15) is 5.10 Å². The third kappa shape index (κ3) is 3.65. The van der Waals surface area contributed by atoms with E-state index in [9.17, 15) is 9.59 Å². The molecule has 1 fully saturated rings. The van der Waals surface area contributed by atoms with E-state index in [1.54, 1.807) is 10.9 Å². The largest absolute Gasteiger partial charge is 0.364 e. The molecule has 0 saturated heterocycles. The van der Waals surface area contributed by atoms with Gasteiger partial charge in [0.25, 0.3) is 5.91 Å². The zero-order valence-electron chi connectivity index (χ0n) is 21.4. The van der Waals surface area contributed by atoms with Gasteiger partial charge >= 0.3 is 0 Å². The number of hydrogen-bond acceptors (Lipinski definition) is 8. The Morgan fingerprint density at radius 1 is 1.24 bits per heavy atom. The minimum absolute atomic E-state index is 0.00626. The first kappa shape index (κ1) is 17.5. The van der Waals surface area contributed by atoms with Gasteiger partial charge in [0.2, 0.25) is 5.91 Å². The summed E-state index contributed by atoms with van der Waals surface area (Å²) in [5.41, 5.74) is 3.39. The molecule has 11 heteroatoms. The highest BCUT2D eigenvalue weighted by Gasteiger charge is 2.32. The molecule has 1 saturated carbocycles. The van der Waals surface area contributed by atoms with Crippen molar-refractivity contribution in [3.05, 3.63) is 35.8 Å². The number of hydrogen-bond donors (Lipinski definition) is 3. The van der Waals surface area contributed by atoms with E-state index in [2.05, 4.69) is 37.8 Å². The van der Waals surface area contributed by atoms with Crippen LogP contribution in [0, 0.1) is 5.92 Å². The molecule has 0 aromatic carbocycles.